The Kier molecular flexibility index (Phi) is 12.5. The van der Waals surface area contributed by atoms with Gasteiger partial charge in [-0.25, -0.2) is 19.6 Å². The predicted octanol–water partition coefficient (Wildman–Crippen LogP) is 8.34. The topological polar surface area (TPSA) is 175 Å². The van der Waals surface area contributed by atoms with Crippen LogP contribution in [-0.2, 0) is 31.9 Å². The van der Waals surface area contributed by atoms with Crippen molar-refractivity contribution in [2.75, 3.05) is 27.3 Å². The summed E-state index contributed by atoms with van der Waals surface area (Å²) in [5, 5.41) is 5.48. The van der Waals surface area contributed by atoms with Gasteiger partial charge in [0, 0.05) is 18.7 Å². The highest BCUT2D eigenvalue weighted by molar-refractivity contribution is 5.88. The van der Waals surface area contributed by atoms with Crippen molar-refractivity contribution in [1.29, 1.82) is 0 Å². The molecule has 2 fully saturated rings. The Morgan fingerprint density at radius 2 is 1.46 bits per heavy atom. The third kappa shape index (κ3) is 8.99. The number of ether oxygens (including phenoxy) is 2. The number of aromatic amines is 2. The molecule has 5 atom stereocenters. The van der Waals surface area contributed by atoms with Gasteiger partial charge in [-0.3, -0.25) is 9.59 Å². The van der Waals surface area contributed by atoms with Crippen LogP contribution in [0.1, 0.15) is 120 Å². The molecule has 0 saturated carbocycles. The van der Waals surface area contributed by atoms with E-state index in [1.54, 1.807) is 0 Å². The number of aromatic nitrogens is 4. The number of amides is 4. The van der Waals surface area contributed by atoms with Gasteiger partial charge in [-0.05, 0) is 121 Å². The standard InChI is InChI=1S/C49H62N8O6/c1-28(2)41(54-47(60)62-6)45(58)56-22-8-10-39(56)43-50-27-38(53-43)34-24-30-12-14-31(34)18-20-49(5)21-19-32(15-13-30)35(26-49)33-16-17-36-37(25-33)52-44(51-36)40-11-9-23-57(40)46(59)42(29(3)4)55-48(61)63-7/h12,14,16-17,19,21,24-25,27-29,39-42H,8-11,13,15,18,20,22-23,26H2,1-7H3,(H,50,53)(H,51,52)(H,54,60)(H,55,61)/t39-,40-,41-,42-,49?/m0/s1. The van der Waals surface area contributed by atoms with Crippen LogP contribution in [0.2, 0.25) is 0 Å². The number of fused-ring (bicyclic) bond motifs is 1. The molecule has 4 heterocycles. The van der Waals surface area contributed by atoms with Crippen molar-refractivity contribution in [1.82, 2.24) is 40.4 Å². The monoisotopic (exact) mass is 858 g/mol. The molecule has 2 aromatic heterocycles. The van der Waals surface area contributed by atoms with E-state index in [-0.39, 0.29) is 41.1 Å². The summed E-state index contributed by atoms with van der Waals surface area (Å²) < 4.78 is 9.64. The average molecular weight is 859 g/mol. The Hall–Kier alpha value is -5.92. The molecule has 2 aliphatic heterocycles. The first-order valence-corrected chi connectivity index (χ1v) is 22.6. The number of allylic oxidation sites excluding steroid dienone is 4. The molecule has 4 N–H and O–H groups in total. The van der Waals surface area contributed by atoms with Crippen molar-refractivity contribution < 1.29 is 28.7 Å². The van der Waals surface area contributed by atoms with Crippen LogP contribution in [-0.4, -0.2) is 93.1 Å². The number of hydrogen-bond donors (Lipinski definition) is 4. The normalized spacial score (nSPS) is 22.1. The number of aryl methyl sites for hydroxylation is 2. The van der Waals surface area contributed by atoms with E-state index >= 15 is 0 Å². The number of nitrogens with one attached hydrogen (secondary N) is 4. The van der Waals surface area contributed by atoms with Crippen molar-refractivity contribution >= 4 is 40.6 Å². The first kappa shape index (κ1) is 43.7. The first-order valence-electron chi connectivity index (χ1n) is 22.6. The molecule has 2 saturated heterocycles. The number of nitrogens with zero attached hydrogens (tertiary/aromatic N) is 4. The lowest BCUT2D eigenvalue weighted by molar-refractivity contribution is -0.136. The number of hydrogen-bond acceptors (Lipinski definition) is 8. The summed E-state index contributed by atoms with van der Waals surface area (Å²) in [5.41, 5.74) is 10.2. The highest BCUT2D eigenvalue weighted by atomic mass is 16.5. The minimum atomic E-state index is -0.689. The first-order chi connectivity index (χ1) is 30.2. The lowest BCUT2D eigenvalue weighted by Gasteiger charge is -2.33. The van der Waals surface area contributed by atoms with Gasteiger partial charge in [-0.1, -0.05) is 65.0 Å². The van der Waals surface area contributed by atoms with E-state index in [9.17, 15) is 19.2 Å². The smallest absolute Gasteiger partial charge is 0.407 e. The highest BCUT2D eigenvalue weighted by Crippen LogP contribution is 2.45. The predicted molar refractivity (Wildman–Crippen MR) is 241 cm³/mol. The van der Waals surface area contributed by atoms with Crippen LogP contribution >= 0.6 is 0 Å². The SMILES string of the molecule is COC(=O)N[C@H](C(=O)N1CCC[C@H]1c1ncc(-c2cc3ccc2CCC2(C)C=CC(=C(c4ccc5nc([C@@H]6CCCN6C(=O)[C@@H](NC(=O)OC)C(C)C)[nH]c5c4)C2)CC3)[nH]1)C(C)C. The summed E-state index contributed by atoms with van der Waals surface area (Å²) in [4.78, 5) is 72.7. The van der Waals surface area contributed by atoms with Gasteiger partial charge in [0.2, 0.25) is 11.8 Å². The molecule has 7 aliphatic rings. The maximum Gasteiger partial charge on any atom is 0.407 e. The second-order valence-electron chi connectivity index (χ2n) is 18.8. The summed E-state index contributed by atoms with van der Waals surface area (Å²) >= 11 is 0. The van der Waals surface area contributed by atoms with Crippen LogP contribution in [0.4, 0.5) is 9.59 Å². The molecule has 14 nitrogen and oxygen atoms in total. The van der Waals surface area contributed by atoms with Crippen molar-refractivity contribution in [3.63, 3.8) is 0 Å². The zero-order valence-corrected chi connectivity index (χ0v) is 37.7. The molecule has 334 valence electrons. The molecular weight excluding hydrogens is 797 g/mol. The van der Waals surface area contributed by atoms with E-state index in [1.165, 1.54) is 42.1 Å². The van der Waals surface area contributed by atoms with Gasteiger partial charge in [0.1, 0.15) is 23.7 Å². The lowest BCUT2D eigenvalue weighted by atomic mass is 9.71. The minimum absolute atomic E-state index is 0.0764. The van der Waals surface area contributed by atoms with Gasteiger partial charge in [-0.15, -0.1) is 0 Å². The van der Waals surface area contributed by atoms with E-state index in [4.69, 9.17) is 19.4 Å². The van der Waals surface area contributed by atoms with E-state index in [0.29, 0.717) is 13.1 Å². The Morgan fingerprint density at radius 1 is 0.810 bits per heavy atom. The zero-order chi connectivity index (χ0) is 44.6. The summed E-state index contributed by atoms with van der Waals surface area (Å²) in [5.74, 6) is 1.08. The van der Waals surface area contributed by atoms with Gasteiger partial charge in [0.25, 0.3) is 0 Å². The molecule has 2 aromatic carbocycles. The molecule has 4 amide bonds. The minimum Gasteiger partial charge on any atom is -0.453 e. The van der Waals surface area contributed by atoms with Crippen LogP contribution in [0.3, 0.4) is 0 Å². The number of benzene rings is 2. The Labute approximate surface area is 369 Å². The second-order valence-corrected chi connectivity index (χ2v) is 18.8. The number of H-pyrrole nitrogens is 2. The lowest BCUT2D eigenvalue weighted by Crippen LogP contribution is -2.51. The van der Waals surface area contributed by atoms with Gasteiger partial charge in [-0.2, -0.15) is 0 Å². The van der Waals surface area contributed by atoms with E-state index in [0.717, 1.165) is 91.7 Å². The van der Waals surface area contributed by atoms with Crippen LogP contribution in [0.15, 0.2) is 60.3 Å². The number of alkyl carbamates (subject to hydrolysis) is 2. The van der Waals surface area contributed by atoms with Crippen LogP contribution in [0.25, 0.3) is 27.9 Å². The average Bonchev–Trinajstić information content (AvgIpc) is 4.11. The van der Waals surface area contributed by atoms with Crippen molar-refractivity contribution in [3.8, 4) is 11.3 Å². The molecule has 0 radical (unpaired) electrons. The quantitative estimate of drug-likeness (QED) is 0.123. The fourth-order valence-corrected chi connectivity index (χ4v) is 10.0. The molecule has 5 aliphatic carbocycles. The summed E-state index contributed by atoms with van der Waals surface area (Å²) in [6, 6.07) is 11.6. The highest BCUT2D eigenvalue weighted by Gasteiger charge is 2.39. The Morgan fingerprint density at radius 3 is 2.10 bits per heavy atom. The second kappa shape index (κ2) is 18.1. The fraction of sp³-hybridized carbons (Fsp3) is 0.510. The number of methoxy groups -OCH3 is 2. The Bertz CT molecular complexity index is 2450. The number of imidazole rings is 2. The molecule has 63 heavy (non-hydrogen) atoms. The van der Waals surface area contributed by atoms with E-state index in [1.807, 2.05) is 43.7 Å². The van der Waals surface area contributed by atoms with Crippen LogP contribution in [0.5, 0.6) is 0 Å². The zero-order valence-electron chi connectivity index (χ0n) is 37.7. The van der Waals surface area contributed by atoms with E-state index < -0.39 is 24.3 Å². The van der Waals surface area contributed by atoms with Gasteiger partial charge in [0.05, 0.1) is 49.2 Å². The third-order valence-electron chi connectivity index (χ3n) is 13.7. The fourth-order valence-electron chi connectivity index (χ4n) is 10.0. The molecule has 0 spiro atoms. The molecule has 4 bridgehead atoms. The maximum absolute atomic E-state index is 13.8. The summed E-state index contributed by atoms with van der Waals surface area (Å²) in [6.45, 7) is 11.3. The number of carbonyl (C=O) groups is 4. The largest absolute Gasteiger partial charge is 0.453 e. The van der Waals surface area contributed by atoms with E-state index in [2.05, 4.69) is 76.1 Å². The van der Waals surface area contributed by atoms with Crippen molar-refractivity contribution in [2.45, 2.75) is 117 Å². The number of carbonyl (C=O) groups excluding carboxylic acids is 4. The Balaban J connectivity index is 1.03. The van der Waals surface area contributed by atoms with Gasteiger partial charge in [0.15, 0.2) is 0 Å². The maximum atomic E-state index is 13.8. The molecule has 11 rings (SSSR count). The van der Waals surface area contributed by atoms with Crippen LogP contribution < -0.4 is 10.6 Å². The number of rotatable bonds is 10. The summed E-state index contributed by atoms with van der Waals surface area (Å²) in [6.07, 6.45) is 13.2. The van der Waals surface area contributed by atoms with Crippen LogP contribution in [0, 0.1) is 17.3 Å². The summed E-state index contributed by atoms with van der Waals surface area (Å²) in [7, 11) is 2.61. The van der Waals surface area contributed by atoms with Gasteiger partial charge >= 0.3 is 12.2 Å². The number of likely N-dealkylation sites (tertiary alicyclic amines) is 2. The molecule has 4 aromatic rings. The molecule has 14 heteroatoms. The van der Waals surface area contributed by atoms with Crippen molar-refractivity contribution in [3.05, 3.63) is 88.7 Å². The third-order valence-corrected chi connectivity index (χ3v) is 13.7. The van der Waals surface area contributed by atoms with Gasteiger partial charge < -0.3 is 39.9 Å². The van der Waals surface area contributed by atoms with Crippen molar-refractivity contribution in [2.24, 2.45) is 17.3 Å². The molecule has 1 unspecified atom stereocenters. The molecular formula is C49H62N8O6.